The third-order valence-electron chi connectivity index (χ3n) is 3.71. The van der Waals surface area contributed by atoms with Crippen molar-refractivity contribution in [3.63, 3.8) is 0 Å². The van der Waals surface area contributed by atoms with E-state index in [-0.39, 0.29) is 5.41 Å². The quantitative estimate of drug-likeness (QED) is 0.894. The van der Waals surface area contributed by atoms with Crippen LogP contribution in [-0.4, -0.2) is 6.54 Å². The highest BCUT2D eigenvalue weighted by molar-refractivity contribution is 9.10. The Morgan fingerprint density at radius 1 is 1.47 bits per heavy atom. The molecule has 1 saturated carbocycles. The van der Waals surface area contributed by atoms with Crippen LogP contribution in [0.5, 0.6) is 0 Å². The van der Waals surface area contributed by atoms with Crippen LogP contribution in [0.2, 0.25) is 0 Å². The van der Waals surface area contributed by atoms with E-state index in [1.165, 1.54) is 16.5 Å². The Kier molecular flexibility index (Phi) is 2.91. The van der Waals surface area contributed by atoms with Crippen molar-refractivity contribution in [3.8, 4) is 0 Å². The molecular formula is C13H18BrN. The fraction of sp³-hybridized carbons (Fsp3) is 0.538. The van der Waals surface area contributed by atoms with Gasteiger partial charge in [0.15, 0.2) is 0 Å². The van der Waals surface area contributed by atoms with Crippen LogP contribution in [-0.2, 0) is 5.41 Å². The smallest absolute Gasteiger partial charge is 0.0213 e. The first-order valence-electron chi connectivity index (χ1n) is 5.57. The lowest BCUT2D eigenvalue weighted by atomic mass is 9.89. The van der Waals surface area contributed by atoms with Gasteiger partial charge in [-0.2, -0.15) is 0 Å². The monoisotopic (exact) mass is 267 g/mol. The Morgan fingerprint density at radius 3 is 2.60 bits per heavy atom. The van der Waals surface area contributed by atoms with E-state index in [2.05, 4.69) is 54.0 Å². The maximum absolute atomic E-state index is 5.98. The van der Waals surface area contributed by atoms with E-state index < -0.39 is 0 Å². The molecule has 0 amide bonds. The highest BCUT2D eigenvalue weighted by Crippen LogP contribution is 2.58. The van der Waals surface area contributed by atoms with E-state index in [1.807, 2.05) is 0 Å². The van der Waals surface area contributed by atoms with E-state index in [0.717, 1.165) is 18.4 Å². The second kappa shape index (κ2) is 3.91. The zero-order valence-electron chi connectivity index (χ0n) is 9.33. The minimum absolute atomic E-state index is 0.244. The third kappa shape index (κ3) is 1.74. The first kappa shape index (κ1) is 11.2. The van der Waals surface area contributed by atoms with Gasteiger partial charge >= 0.3 is 0 Å². The zero-order valence-corrected chi connectivity index (χ0v) is 10.9. The Balaban J connectivity index is 2.34. The summed E-state index contributed by atoms with van der Waals surface area (Å²) >= 11 is 3.63. The summed E-state index contributed by atoms with van der Waals surface area (Å²) in [7, 11) is 0. The molecule has 0 heterocycles. The predicted molar refractivity (Wildman–Crippen MR) is 67.8 cm³/mol. The minimum atomic E-state index is 0.244. The lowest BCUT2D eigenvalue weighted by Gasteiger charge is -2.19. The molecule has 2 unspecified atom stereocenters. The third-order valence-corrected chi connectivity index (χ3v) is 4.40. The average molecular weight is 268 g/mol. The highest BCUT2D eigenvalue weighted by atomic mass is 79.9. The first-order valence-corrected chi connectivity index (χ1v) is 6.36. The van der Waals surface area contributed by atoms with Crippen LogP contribution in [0.1, 0.15) is 25.8 Å². The van der Waals surface area contributed by atoms with Crippen molar-refractivity contribution in [3.05, 3.63) is 34.3 Å². The largest absolute Gasteiger partial charge is 0.330 e. The molecule has 82 valence electrons. The lowest BCUT2D eigenvalue weighted by molar-refractivity contribution is 0.483. The number of benzene rings is 1. The number of hydrogen-bond acceptors (Lipinski definition) is 1. The molecule has 0 aliphatic heterocycles. The second-order valence-corrected chi connectivity index (χ2v) is 5.75. The van der Waals surface area contributed by atoms with Crippen LogP contribution in [0.3, 0.4) is 0 Å². The SMILES string of the molecule is CC(C)C1CC1(CN)c1ccccc1Br. The van der Waals surface area contributed by atoms with Crippen molar-refractivity contribution >= 4 is 15.9 Å². The molecule has 0 spiro atoms. The molecule has 1 aromatic rings. The fourth-order valence-corrected chi connectivity index (χ4v) is 3.41. The van der Waals surface area contributed by atoms with Gasteiger partial charge in [-0.3, -0.25) is 0 Å². The summed E-state index contributed by atoms with van der Waals surface area (Å²) in [5.74, 6) is 1.47. The summed E-state index contributed by atoms with van der Waals surface area (Å²) in [6, 6.07) is 8.49. The van der Waals surface area contributed by atoms with Gasteiger partial charge < -0.3 is 5.73 Å². The maximum Gasteiger partial charge on any atom is 0.0213 e. The second-order valence-electron chi connectivity index (χ2n) is 4.89. The average Bonchev–Trinajstić information content (AvgIpc) is 2.94. The molecule has 15 heavy (non-hydrogen) atoms. The van der Waals surface area contributed by atoms with Crippen molar-refractivity contribution in [2.24, 2.45) is 17.6 Å². The van der Waals surface area contributed by atoms with Crippen molar-refractivity contribution in [2.75, 3.05) is 6.54 Å². The molecule has 0 aromatic heterocycles. The van der Waals surface area contributed by atoms with Gasteiger partial charge in [-0.1, -0.05) is 48.0 Å². The van der Waals surface area contributed by atoms with Crippen LogP contribution >= 0.6 is 15.9 Å². The molecule has 2 rings (SSSR count). The minimum Gasteiger partial charge on any atom is -0.330 e. The van der Waals surface area contributed by atoms with Crippen molar-refractivity contribution in [1.29, 1.82) is 0 Å². The van der Waals surface area contributed by atoms with E-state index in [9.17, 15) is 0 Å². The van der Waals surface area contributed by atoms with Gasteiger partial charge in [-0.25, -0.2) is 0 Å². The Morgan fingerprint density at radius 2 is 2.13 bits per heavy atom. The van der Waals surface area contributed by atoms with E-state index in [4.69, 9.17) is 5.73 Å². The zero-order chi connectivity index (χ0) is 11.1. The molecule has 1 aromatic carbocycles. The molecule has 1 aliphatic carbocycles. The Bertz CT molecular complexity index is 361. The molecule has 0 radical (unpaired) electrons. The summed E-state index contributed by atoms with van der Waals surface area (Å²) in [4.78, 5) is 0. The van der Waals surface area contributed by atoms with Gasteiger partial charge in [-0.05, 0) is 29.9 Å². The van der Waals surface area contributed by atoms with Crippen molar-refractivity contribution < 1.29 is 0 Å². The van der Waals surface area contributed by atoms with Crippen molar-refractivity contribution in [2.45, 2.75) is 25.7 Å². The van der Waals surface area contributed by atoms with Crippen LogP contribution in [0.15, 0.2) is 28.7 Å². The molecular weight excluding hydrogens is 250 g/mol. The van der Waals surface area contributed by atoms with Crippen LogP contribution in [0.25, 0.3) is 0 Å². The standard InChI is InChI=1S/C13H18BrN/c1-9(2)11-7-13(11,8-15)10-5-3-4-6-12(10)14/h3-6,9,11H,7-8,15H2,1-2H3. The van der Waals surface area contributed by atoms with E-state index >= 15 is 0 Å². The molecule has 1 aliphatic rings. The molecule has 0 saturated heterocycles. The normalized spacial score (nSPS) is 29.5. The summed E-state index contributed by atoms with van der Waals surface area (Å²) in [5, 5.41) is 0. The van der Waals surface area contributed by atoms with Crippen LogP contribution in [0.4, 0.5) is 0 Å². The first-order chi connectivity index (χ1) is 7.12. The van der Waals surface area contributed by atoms with Gasteiger partial charge in [-0.15, -0.1) is 0 Å². The van der Waals surface area contributed by atoms with Crippen LogP contribution in [0, 0.1) is 11.8 Å². The summed E-state index contributed by atoms with van der Waals surface area (Å²) in [5.41, 5.74) is 7.62. The summed E-state index contributed by atoms with van der Waals surface area (Å²) in [6.45, 7) is 5.34. The van der Waals surface area contributed by atoms with Crippen molar-refractivity contribution in [1.82, 2.24) is 0 Å². The number of nitrogens with two attached hydrogens (primary N) is 1. The van der Waals surface area contributed by atoms with Gasteiger partial charge in [0, 0.05) is 16.4 Å². The molecule has 0 bridgehead atoms. The predicted octanol–water partition coefficient (Wildman–Crippen LogP) is 3.32. The maximum atomic E-state index is 5.98. The number of rotatable bonds is 3. The fourth-order valence-electron chi connectivity index (χ4n) is 2.73. The summed E-state index contributed by atoms with van der Waals surface area (Å²) < 4.78 is 1.21. The molecule has 2 heteroatoms. The molecule has 1 fully saturated rings. The molecule has 2 N–H and O–H groups in total. The van der Waals surface area contributed by atoms with Gasteiger partial charge in [0.25, 0.3) is 0 Å². The van der Waals surface area contributed by atoms with E-state index in [1.54, 1.807) is 0 Å². The Labute approximate surface area is 100 Å². The Hall–Kier alpha value is -0.340. The number of halogens is 1. The highest BCUT2D eigenvalue weighted by Gasteiger charge is 2.55. The lowest BCUT2D eigenvalue weighted by Crippen LogP contribution is -2.24. The van der Waals surface area contributed by atoms with Crippen LogP contribution < -0.4 is 5.73 Å². The van der Waals surface area contributed by atoms with E-state index in [0.29, 0.717) is 0 Å². The van der Waals surface area contributed by atoms with Gasteiger partial charge in [0.05, 0.1) is 0 Å². The van der Waals surface area contributed by atoms with Gasteiger partial charge in [0.1, 0.15) is 0 Å². The number of hydrogen-bond donors (Lipinski definition) is 1. The molecule has 1 nitrogen and oxygen atoms in total. The van der Waals surface area contributed by atoms with Gasteiger partial charge in [0.2, 0.25) is 0 Å². The molecule has 2 atom stereocenters. The topological polar surface area (TPSA) is 26.0 Å². The summed E-state index contributed by atoms with van der Waals surface area (Å²) in [6.07, 6.45) is 1.24.